The lowest BCUT2D eigenvalue weighted by molar-refractivity contribution is -0.137. The van der Waals surface area contributed by atoms with Crippen LogP contribution in [0.25, 0.3) is 0 Å². The van der Waals surface area contributed by atoms with Gasteiger partial charge in [0.15, 0.2) is 0 Å². The fraction of sp³-hybridized carbons (Fsp3) is 0.500. The average molecular weight is 181 g/mol. The number of morpholine rings is 1. The largest absolute Gasteiger partial charge is 0.377 e. The van der Waals surface area contributed by atoms with Crippen LogP contribution in [-0.2, 0) is 9.53 Å². The molecule has 3 nitrogen and oxygen atoms in total. The Morgan fingerprint density at radius 1 is 1.62 bits per heavy atom. The van der Waals surface area contributed by atoms with Gasteiger partial charge in [-0.05, 0) is 0 Å². The van der Waals surface area contributed by atoms with Crippen molar-refractivity contribution in [1.29, 1.82) is 0 Å². The number of hydrogen-bond donors (Lipinski definition) is 0. The minimum atomic E-state index is 0.0289. The van der Waals surface area contributed by atoms with Crippen molar-refractivity contribution in [3.63, 3.8) is 0 Å². The van der Waals surface area contributed by atoms with Crippen molar-refractivity contribution in [2.75, 3.05) is 19.8 Å². The zero-order chi connectivity index (χ0) is 9.68. The Bertz CT molecular complexity index is 213. The first-order valence-electron chi connectivity index (χ1n) is 4.40. The van der Waals surface area contributed by atoms with Crippen LogP contribution in [0.1, 0.15) is 6.42 Å². The lowest BCUT2D eigenvalue weighted by Gasteiger charge is -2.33. The van der Waals surface area contributed by atoms with Gasteiger partial charge in [-0.1, -0.05) is 12.2 Å². The molecule has 0 saturated carbocycles. The Balaban J connectivity index is 2.57. The fourth-order valence-electron chi connectivity index (χ4n) is 1.37. The van der Waals surface area contributed by atoms with Gasteiger partial charge in [-0.25, -0.2) is 0 Å². The molecule has 72 valence electrons. The summed E-state index contributed by atoms with van der Waals surface area (Å²) >= 11 is 0. The highest BCUT2D eigenvalue weighted by molar-refractivity contribution is 5.78. The van der Waals surface area contributed by atoms with E-state index in [0.29, 0.717) is 26.2 Å². The second kappa shape index (κ2) is 4.82. The Morgan fingerprint density at radius 2 is 2.38 bits per heavy atom. The van der Waals surface area contributed by atoms with Crippen LogP contribution < -0.4 is 0 Å². The monoisotopic (exact) mass is 181 g/mol. The van der Waals surface area contributed by atoms with Crippen molar-refractivity contribution >= 4 is 5.91 Å². The van der Waals surface area contributed by atoms with Gasteiger partial charge in [0.25, 0.3) is 0 Å². The zero-order valence-electron chi connectivity index (χ0n) is 7.74. The molecule has 0 bridgehead atoms. The molecule has 0 aromatic heterocycles. The lowest BCUT2D eigenvalue weighted by atomic mass is 10.2. The number of ether oxygens (including phenoxy) is 1. The summed E-state index contributed by atoms with van der Waals surface area (Å²) in [6.07, 6.45) is 3.77. The molecule has 0 aromatic rings. The van der Waals surface area contributed by atoms with E-state index in [1.54, 1.807) is 17.1 Å². The average Bonchev–Trinajstić information content (AvgIpc) is 2.18. The molecule has 1 aliphatic rings. The quantitative estimate of drug-likeness (QED) is 0.607. The summed E-state index contributed by atoms with van der Waals surface area (Å²) in [5, 5.41) is 0. The Labute approximate surface area is 78.7 Å². The molecule has 0 aromatic carbocycles. The molecular formula is C10H15NO2. The molecule has 0 radical (unpaired) electrons. The lowest BCUT2D eigenvalue weighted by Crippen LogP contribution is -2.47. The summed E-state index contributed by atoms with van der Waals surface area (Å²) in [5.74, 6) is 0.100. The van der Waals surface area contributed by atoms with Gasteiger partial charge in [0.1, 0.15) is 0 Å². The minimum Gasteiger partial charge on any atom is -0.377 e. The highest BCUT2D eigenvalue weighted by Crippen LogP contribution is 2.09. The second-order valence-electron chi connectivity index (χ2n) is 2.96. The molecular weight excluding hydrogens is 166 g/mol. The van der Waals surface area contributed by atoms with E-state index in [4.69, 9.17) is 4.74 Å². The van der Waals surface area contributed by atoms with Gasteiger partial charge in [-0.15, -0.1) is 13.2 Å². The van der Waals surface area contributed by atoms with Crippen LogP contribution in [0.4, 0.5) is 0 Å². The highest BCUT2D eigenvalue weighted by atomic mass is 16.5. The van der Waals surface area contributed by atoms with E-state index in [1.165, 1.54) is 0 Å². The number of amides is 1. The van der Waals surface area contributed by atoms with Crippen molar-refractivity contribution in [3.05, 3.63) is 25.3 Å². The number of carbonyl (C=O) groups is 1. The number of nitrogens with zero attached hydrogens (tertiary/aromatic N) is 1. The number of rotatable bonds is 3. The van der Waals surface area contributed by atoms with Crippen LogP contribution in [0, 0.1) is 0 Å². The SMILES string of the molecule is C=CCC(=O)N1CCOC[C@H]1C=C. The summed E-state index contributed by atoms with van der Waals surface area (Å²) in [6.45, 7) is 9.06. The molecule has 1 fully saturated rings. The molecule has 13 heavy (non-hydrogen) atoms. The van der Waals surface area contributed by atoms with Crippen LogP contribution in [0.5, 0.6) is 0 Å². The first-order chi connectivity index (χ1) is 6.29. The van der Waals surface area contributed by atoms with Crippen LogP contribution >= 0.6 is 0 Å². The van der Waals surface area contributed by atoms with Gasteiger partial charge in [-0.2, -0.15) is 0 Å². The first-order valence-corrected chi connectivity index (χ1v) is 4.40. The van der Waals surface area contributed by atoms with E-state index >= 15 is 0 Å². The van der Waals surface area contributed by atoms with Crippen LogP contribution in [0.3, 0.4) is 0 Å². The van der Waals surface area contributed by atoms with E-state index in [0.717, 1.165) is 0 Å². The van der Waals surface area contributed by atoms with Crippen molar-refractivity contribution in [3.8, 4) is 0 Å². The third-order valence-corrected chi connectivity index (χ3v) is 2.08. The Kier molecular flexibility index (Phi) is 3.71. The van der Waals surface area contributed by atoms with Crippen molar-refractivity contribution in [2.45, 2.75) is 12.5 Å². The van der Waals surface area contributed by atoms with E-state index in [2.05, 4.69) is 13.2 Å². The zero-order valence-corrected chi connectivity index (χ0v) is 7.74. The van der Waals surface area contributed by atoms with Gasteiger partial charge in [0, 0.05) is 13.0 Å². The van der Waals surface area contributed by atoms with Gasteiger partial charge >= 0.3 is 0 Å². The summed E-state index contributed by atoms with van der Waals surface area (Å²) in [6, 6.07) is 0.0289. The maximum Gasteiger partial charge on any atom is 0.227 e. The molecule has 1 rings (SSSR count). The molecule has 0 aliphatic carbocycles. The molecule has 3 heteroatoms. The topological polar surface area (TPSA) is 29.5 Å². The molecule has 1 saturated heterocycles. The summed E-state index contributed by atoms with van der Waals surface area (Å²) < 4.78 is 5.24. The minimum absolute atomic E-state index is 0.0289. The second-order valence-corrected chi connectivity index (χ2v) is 2.96. The Hall–Kier alpha value is -1.09. The van der Waals surface area contributed by atoms with Crippen LogP contribution in [0.2, 0.25) is 0 Å². The van der Waals surface area contributed by atoms with Crippen molar-refractivity contribution in [1.82, 2.24) is 4.90 Å². The molecule has 0 spiro atoms. The van der Waals surface area contributed by atoms with Crippen LogP contribution in [0.15, 0.2) is 25.3 Å². The summed E-state index contributed by atoms with van der Waals surface area (Å²) in [5.41, 5.74) is 0. The van der Waals surface area contributed by atoms with E-state index in [-0.39, 0.29) is 11.9 Å². The highest BCUT2D eigenvalue weighted by Gasteiger charge is 2.23. The predicted octanol–water partition coefficient (Wildman–Crippen LogP) is 0.976. The number of hydrogen-bond acceptors (Lipinski definition) is 2. The first kappa shape index (κ1) is 9.99. The third-order valence-electron chi connectivity index (χ3n) is 2.08. The maximum atomic E-state index is 11.5. The van der Waals surface area contributed by atoms with Gasteiger partial charge in [0.05, 0.1) is 19.3 Å². The van der Waals surface area contributed by atoms with Gasteiger partial charge in [-0.3, -0.25) is 4.79 Å². The molecule has 1 amide bonds. The van der Waals surface area contributed by atoms with Gasteiger partial charge < -0.3 is 9.64 Å². The van der Waals surface area contributed by atoms with E-state index in [9.17, 15) is 4.79 Å². The molecule has 1 aliphatic heterocycles. The van der Waals surface area contributed by atoms with E-state index < -0.39 is 0 Å². The Morgan fingerprint density at radius 3 is 3.00 bits per heavy atom. The molecule has 1 atom stereocenters. The van der Waals surface area contributed by atoms with Crippen LogP contribution in [-0.4, -0.2) is 36.6 Å². The standard InChI is InChI=1S/C10H15NO2/c1-3-5-10(12)11-6-7-13-8-9(11)4-2/h3-4,9H,1-2,5-8H2/t9-/m1/s1. The summed E-state index contributed by atoms with van der Waals surface area (Å²) in [7, 11) is 0. The third kappa shape index (κ3) is 2.42. The molecule has 0 N–H and O–H groups in total. The van der Waals surface area contributed by atoms with E-state index in [1.807, 2.05) is 0 Å². The molecule has 1 heterocycles. The van der Waals surface area contributed by atoms with Gasteiger partial charge in [0.2, 0.25) is 5.91 Å². The molecule has 0 unspecified atom stereocenters. The normalized spacial score (nSPS) is 22.5. The number of carbonyl (C=O) groups excluding carboxylic acids is 1. The smallest absolute Gasteiger partial charge is 0.227 e. The predicted molar refractivity (Wildman–Crippen MR) is 51.3 cm³/mol. The fourth-order valence-corrected chi connectivity index (χ4v) is 1.37. The van der Waals surface area contributed by atoms with Crippen molar-refractivity contribution in [2.24, 2.45) is 0 Å². The van der Waals surface area contributed by atoms with Crippen molar-refractivity contribution < 1.29 is 9.53 Å². The summed E-state index contributed by atoms with van der Waals surface area (Å²) in [4.78, 5) is 13.3. The maximum absolute atomic E-state index is 11.5.